The summed E-state index contributed by atoms with van der Waals surface area (Å²) in [5.41, 5.74) is 1.74. The summed E-state index contributed by atoms with van der Waals surface area (Å²) in [7, 11) is 3.54. The molecule has 0 atom stereocenters. The molecular weight excluding hydrogens is 304 g/mol. The van der Waals surface area contributed by atoms with Crippen molar-refractivity contribution < 1.29 is 9.53 Å². The SMILES string of the molecule is COCCCNC(=O)CN(C)Cc1cn2cc(Cl)ccc2n1. The Bertz CT molecular complexity index is 629. The number of aromatic nitrogens is 2. The average Bonchev–Trinajstić information content (AvgIpc) is 2.84. The summed E-state index contributed by atoms with van der Waals surface area (Å²) < 4.78 is 6.82. The van der Waals surface area contributed by atoms with Gasteiger partial charge in [-0.15, -0.1) is 0 Å². The summed E-state index contributed by atoms with van der Waals surface area (Å²) in [5.74, 6) is 0.00501. The highest BCUT2D eigenvalue weighted by Gasteiger charge is 2.09. The van der Waals surface area contributed by atoms with Gasteiger partial charge in [-0.05, 0) is 25.6 Å². The molecule has 0 fully saturated rings. The molecule has 0 aromatic carbocycles. The van der Waals surface area contributed by atoms with Crippen LogP contribution in [0.4, 0.5) is 0 Å². The van der Waals surface area contributed by atoms with Crippen LogP contribution in [0.2, 0.25) is 5.02 Å². The number of carbonyl (C=O) groups excluding carboxylic acids is 1. The lowest BCUT2D eigenvalue weighted by Crippen LogP contribution is -2.35. The lowest BCUT2D eigenvalue weighted by atomic mass is 10.4. The molecule has 0 aliphatic heterocycles. The quantitative estimate of drug-likeness (QED) is 0.749. The van der Waals surface area contributed by atoms with Gasteiger partial charge in [-0.25, -0.2) is 4.98 Å². The molecule has 0 saturated carbocycles. The molecule has 0 aliphatic carbocycles. The second-order valence-corrected chi connectivity index (χ2v) is 5.65. The molecule has 1 amide bonds. The Balaban J connectivity index is 1.82. The summed E-state index contributed by atoms with van der Waals surface area (Å²) in [4.78, 5) is 18.2. The van der Waals surface area contributed by atoms with Crippen LogP contribution in [0, 0.1) is 0 Å². The minimum Gasteiger partial charge on any atom is -0.385 e. The number of nitrogens with zero attached hydrogens (tertiary/aromatic N) is 3. The van der Waals surface area contributed by atoms with Gasteiger partial charge >= 0.3 is 0 Å². The van der Waals surface area contributed by atoms with Gasteiger partial charge in [0.1, 0.15) is 5.65 Å². The molecule has 120 valence electrons. The molecular formula is C15H21ClN4O2. The maximum absolute atomic E-state index is 11.8. The van der Waals surface area contributed by atoms with E-state index in [1.54, 1.807) is 7.11 Å². The number of likely N-dealkylation sites (N-methyl/N-ethyl adjacent to an activating group) is 1. The zero-order valence-electron chi connectivity index (χ0n) is 12.9. The number of hydrogen-bond donors (Lipinski definition) is 1. The first-order valence-corrected chi connectivity index (χ1v) is 7.53. The van der Waals surface area contributed by atoms with Crippen molar-refractivity contribution >= 4 is 23.2 Å². The molecule has 2 aromatic heterocycles. The normalized spacial score (nSPS) is 11.3. The van der Waals surface area contributed by atoms with Gasteiger partial charge in [0.25, 0.3) is 0 Å². The van der Waals surface area contributed by atoms with Crippen molar-refractivity contribution in [3.05, 3.63) is 35.2 Å². The van der Waals surface area contributed by atoms with E-state index >= 15 is 0 Å². The first-order valence-electron chi connectivity index (χ1n) is 7.16. The average molecular weight is 325 g/mol. The Kier molecular flexibility index (Phi) is 6.18. The van der Waals surface area contributed by atoms with Crippen LogP contribution in [0.5, 0.6) is 0 Å². The minimum atomic E-state index is 0.00501. The van der Waals surface area contributed by atoms with Crippen LogP contribution < -0.4 is 5.32 Å². The van der Waals surface area contributed by atoms with E-state index in [1.165, 1.54) is 0 Å². The van der Waals surface area contributed by atoms with Crippen molar-refractivity contribution in [1.29, 1.82) is 0 Å². The number of fused-ring (bicyclic) bond motifs is 1. The fourth-order valence-electron chi connectivity index (χ4n) is 2.17. The summed E-state index contributed by atoms with van der Waals surface area (Å²) in [5, 5.41) is 3.53. The number of carbonyl (C=O) groups is 1. The molecule has 0 radical (unpaired) electrons. The van der Waals surface area contributed by atoms with Crippen LogP contribution in [-0.4, -0.2) is 54.0 Å². The summed E-state index contributed by atoms with van der Waals surface area (Å²) in [6.07, 6.45) is 4.56. The third-order valence-corrected chi connectivity index (χ3v) is 3.38. The third kappa shape index (κ3) is 4.98. The van der Waals surface area contributed by atoms with Crippen LogP contribution in [0.15, 0.2) is 24.5 Å². The molecule has 0 unspecified atom stereocenters. The van der Waals surface area contributed by atoms with E-state index in [0.29, 0.717) is 31.3 Å². The highest BCUT2D eigenvalue weighted by Crippen LogP contribution is 2.12. The number of methoxy groups -OCH3 is 1. The van der Waals surface area contributed by atoms with E-state index in [-0.39, 0.29) is 5.91 Å². The van der Waals surface area contributed by atoms with Gasteiger partial charge in [0.05, 0.1) is 17.3 Å². The lowest BCUT2D eigenvalue weighted by molar-refractivity contribution is -0.122. The smallest absolute Gasteiger partial charge is 0.234 e. The van der Waals surface area contributed by atoms with E-state index in [2.05, 4.69) is 10.3 Å². The van der Waals surface area contributed by atoms with Gasteiger partial charge in [-0.1, -0.05) is 11.6 Å². The summed E-state index contributed by atoms with van der Waals surface area (Å²) in [6.45, 7) is 2.22. The number of amides is 1. The highest BCUT2D eigenvalue weighted by molar-refractivity contribution is 6.30. The summed E-state index contributed by atoms with van der Waals surface area (Å²) >= 11 is 5.95. The number of imidazole rings is 1. The fraction of sp³-hybridized carbons (Fsp3) is 0.467. The third-order valence-electron chi connectivity index (χ3n) is 3.16. The first-order chi connectivity index (χ1) is 10.6. The maximum atomic E-state index is 11.8. The van der Waals surface area contributed by atoms with Crippen molar-refractivity contribution in [2.45, 2.75) is 13.0 Å². The summed E-state index contributed by atoms with van der Waals surface area (Å²) in [6, 6.07) is 3.68. The Morgan fingerprint density at radius 1 is 1.45 bits per heavy atom. The van der Waals surface area contributed by atoms with E-state index in [1.807, 2.05) is 40.9 Å². The standard InChI is InChI=1S/C15H21ClN4O2/c1-19(11-15(21)17-6-3-7-22-2)9-13-10-20-8-12(16)4-5-14(20)18-13/h4-5,8,10H,3,6-7,9,11H2,1-2H3,(H,17,21). The molecule has 0 aliphatic rings. The van der Waals surface area contributed by atoms with Gasteiger partial charge in [0.2, 0.25) is 5.91 Å². The van der Waals surface area contributed by atoms with Crippen molar-refractivity contribution in [2.75, 3.05) is 33.9 Å². The molecule has 22 heavy (non-hydrogen) atoms. The Morgan fingerprint density at radius 2 is 2.27 bits per heavy atom. The van der Waals surface area contributed by atoms with Crippen LogP contribution in [0.25, 0.3) is 5.65 Å². The van der Waals surface area contributed by atoms with Crippen LogP contribution in [0.3, 0.4) is 0 Å². The van der Waals surface area contributed by atoms with Gasteiger partial charge in [0.15, 0.2) is 0 Å². The van der Waals surface area contributed by atoms with Crippen molar-refractivity contribution in [3.8, 4) is 0 Å². The predicted molar refractivity (Wildman–Crippen MR) is 86.0 cm³/mol. The van der Waals surface area contributed by atoms with Crippen LogP contribution >= 0.6 is 11.6 Å². The maximum Gasteiger partial charge on any atom is 0.234 e. The molecule has 2 heterocycles. The zero-order chi connectivity index (χ0) is 15.9. The number of halogens is 1. The fourth-order valence-corrected chi connectivity index (χ4v) is 2.34. The van der Waals surface area contributed by atoms with Crippen molar-refractivity contribution in [3.63, 3.8) is 0 Å². The van der Waals surface area contributed by atoms with E-state index < -0.39 is 0 Å². The number of nitrogens with one attached hydrogen (secondary N) is 1. The highest BCUT2D eigenvalue weighted by atomic mass is 35.5. The van der Waals surface area contributed by atoms with E-state index in [0.717, 1.165) is 17.8 Å². The molecule has 0 saturated heterocycles. The van der Waals surface area contributed by atoms with Crippen LogP contribution in [0.1, 0.15) is 12.1 Å². The topological polar surface area (TPSA) is 58.9 Å². The van der Waals surface area contributed by atoms with Gasteiger partial charge in [-0.3, -0.25) is 9.69 Å². The second kappa shape index (κ2) is 8.12. The van der Waals surface area contributed by atoms with Crippen molar-refractivity contribution in [1.82, 2.24) is 19.6 Å². The number of rotatable bonds is 8. The minimum absolute atomic E-state index is 0.00501. The predicted octanol–water partition coefficient (Wildman–Crippen LogP) is 1.57. The zero-order valence-corrected chi connectivity index (χ0v) is 13.6. The van der Waals surface area contributed by atoms with Crippen LogP contribution in [-0.2, 0) is 16.1 Å². The number of hydrogen-bond acceptors (Lipinski definition) is 4. The molecule has 2 rings (SSSR count). The molecule has 7 heteroatoms. The van der Waals surface area contributed by atoms with E-state index in [9.17, 15) is 4.79 Å². The van der Waals surface area contributed by atoms with E-state index in [4.69, 9.17) is 16.3 Å². The Labute approximate surface area is 135 Å². The molecule has 0 bridgehead atoms. The molecule has 2 aromatic rings. The lowest BCUT2D eigenvalue weighted by Gasteiger charge is -2.14. The molecule has 1 N–H and O–H groups in total. The van der Waals surface area contributed by atoms with Crippen molar-refractivity contribution in [2.24, 2.45) is 0 Å². The molecule has 6 nitrogen and oxygen atoms in total. The number of ether oxygens (including phenoxy) is 1. The number of pyridine rings is 1. The van der Waals surface area contributed by atoms with Gasteiger partial charge in [0, 0.05) is 39.2 Å². The largest absolute Gasteiger partial charge is 0.385 e. The Morgan fingerprint density at radius 3 is 3.05 bits per heavy atom. The Hall–Kier alpha value is -1.63. The van der Waals surface area contributed by atoms with Gasteiger partial charge < -0.3 is 14.5 Å². The second-order valence-electron chi connectivity index (χ2n) is 5.21. The first kappa shape index (κ1) is 16.7. The molecule has 0 spiro atoms. The monoisotopic (exact) mass is 324 g/mol. The van der Waals surface area contributed by atoms with Gasteiger partial charge in [-0.2, -0.15) is 0 Å².